The smallest absolute Gasteiger partial charge is 0.693 e. The maximum atomic E-state index is 10.2. The molecule has 0 aromatic rings. The summed E-state index contributed by atoms with van der Waals surface area (Å²) in [6.45, 7) is -7.10. The number of hydrogen-bond donors (Lipinski definition) is 22. The highest BCUT2D eigenvalue weighted by molar-refractivity contribution is 8.59. The quantitative estimate of drug-likeness (QED) is 0.0452. The van der Waals surface area contributed by atoms with Crippen LogP contribution >= 0.6 is 123 Å². The van der Waals surface area contributed by atoms with E-state index in [1.54, 1.807) is 0 Å². The molecule has 0 aliphatic heterocycles. The zero-order valence-corrected chi connectivity index (χ0v) is 65.4. The molecule has 6 unspecified atom stereocenters. The topological polar surface area (TPSA) is 768 Å². The van der Waals surface area contributed by atoms with Crippen LogP contribution in [-0.2, 0) is 151 Å². The fourth-order valence-corrected chi connectivity index (χ4v) is 0.447. The van der Waals surface area contributed by atoms with Gasteiger partial charge in [0, 0.05) is 92.6 Å². The molecule has 23 N–H and O–H groups in total. The lowest BCUT2D eigenvalue weighted by molar-refractivity contribution is 0.204. The number of phosphoric acid groups is 3. The number of hydrogen-bond acceptors (Lipinski definition) is 29. The molecular weight excluding hydrogens is 1640 g/mol. The summed E-state index contributed by atoms with van der Waals surface area (Å²) in [6, 6.07) is 0. The van der Waals surface area contributed by atoms with Crippen molar-refractivity contribution in [2.45, 2.75) is 13.8 Å². The largest absolute Gasteiger partial charge is 0.694 e. The molecule has 0 heterocycles. The lowest BCUT2D eigenvalue weighted by Gasteiger charge is -2.01. The molecule has 0 aliphatic carbocycles. The van der Waals surface area contributed by atoms with E-state index in [-0.39, 0.29) is 24.4 Å². The van der Waals surface area contributed by atoms with E-state index in [2.05, 4.69) is 130 Å². The molecule has 0 saturated heterocycles. The molecule has 0 aromatic heterocycles. The highest BCUT2D eigenvalue weighted by atomic mass is 35.7. The van der Waals surface area contributed by atoms with Gasteiger partial charge >= 0.3 is 85.8 Å². The minimum atomic E-state index is -4.16. The predicted octanol–water partition coefficient (Wildman–Crippen LogP) is 3.80. The van der Waals surface area contributed by atoms with E-state index >= 15 is 0 Å². The van der Waals surface area contributed by atoms with Gasteiger partial charge in [0.05, 0.1) is 33.4 Å². The lowest BCUT2D eigenvalue weighted by Crippen LogP contribution is -2.00. The molecule has 0 spiro atoms. The van der Waals surface area contributed by atoms with Gasteiger partial charge in [0.15, 0.2) is 0 Å². The van der Waals surface area contributed by atoms with Crippen molar-refractivity contribution in [3.05, 3.63) is 13.1 Å². The van der Waals surface area contributed by atoms with E-state index in [9.17, 15) is 66.7 Å². The molecule has 0 rings (SSSR count). The third-order valence-electron chi connectivity index (χ3n) is 4.08. The van der Waals surface area contributed by atoms with Crippen molar-refractivity contribution in [1.29, 1.82) is 0 Å². The summed E-state index contributed by atoms with van der Waals surface area (Å²) >= 11 is 23.9. The van der Waals surface area contributed by atoms with Crippen molar-refractivity contribution < 1.29 is 208 Å². The van der Waals surface area contributed by atoms with E-state index in [0.717, 1.165) is 63.5 Å². The summed E-state index contributed by atoms with van der Waals surface area (Å²) < 4.78 is 206. The van der Waals surface area contributed by atoms with Crippen LogP contribution in [0.4, 0.5) is 8.78 Å². The molecular formula is C20H80ClF2N3O43P12S7. The Morgan fingerprint density at radius 2 is 0.784 bits per heavy atom. The average molecular weight is 1720 g/mol. The van der Waals surface area contributed by atoms with Gasteiger partial charge in [-0.25, -0.2) is 23.3 Å². The number of halogens is 3. The van der Waals surface area contributed by atoms with Gasteiger partial charge in [-0.3, -0.25) is 45.1 Å². The maximum Gasteiger partial charge on any atom is 0.694 e. The Hall–Kier alpha value is 3.19. The third-order valence-corrected chi connectivity index (χ3v) is 15.1. The molecule has 68 heteroatoms. The summed E-state index contributed by atoms with van der Waals surface area (Å²) in [6.07, 6.45) is -0.378. The van der Waals surface area contributed by atoms with Crippen molar-refractivity contribution in [2.24, 2.45) is 5.73 Å². The minimum Gasteiger partial charge on any atom is -0.693 e. The second kappa shape index (κ2) is 74.4. The Kier molecular flexibility index (Phi) is 111. The number of nitrogens with two attached hydrogens (primary N) is 2. The van der Waals surface area contributed by atoms with Crippen LogP contribution in [0.2, 0.25) is 0 Å². The SMILES string of the molecule is CCP(=O)(O)O.CCS(=O)(=O)O.CNP(O)(O)=S.COP(=O)(O)CN.COP(=O)(O)Cl.COP(=O)(O)O.COP(=O)(O)O.COP(=O)(O)OC.COP(C)(=O)O.COP(O)(=S)S.COP(O)(O)=S.COS(=O)(=O)O.CO[P+](=O)O.CO[P+](=O)S.F[CH-]F.[NH2-]. The van der Waals surface area contributed by atoms with Crippen LogP contribution in [0, 0.1) is 6.93 Å². The van der Waals surface area contributed by atoms with Crippen molar-refractivity contribution in [3.63, 3.8) is 0 Å². The highest BCUT2D eigenvalue weighted by Gasteiger charge is 2.14. The maximum absolute atomic E-state index is 10.2. The van der Waals surface area contributed by atoms with Gasteiger partial charge in [0.1, 0.15) is 12.2 Å². The fourth-order valence-electron chi connectivity index (χ4n) is 0.149. The van der Waals surface area contributed by atoms with Crippen LogP contribution in [0.3, 0.4) is 0 Å². The van der Waals surface area contributed by atoms with Crippen LogP contribution < -0.4 is 10.8 Å². The summed E-state index contributed by atoms with van der Waals surface area (Å²) in [5, 5.41) is 2.14. The number of rotatable bonds is 16. The Bertz CT molecular complexity index is 1990. The average Bonchev–Trinajstić information content (AvgIpc) is 3.36. The molecule has 0 amide bonds. The van der Waals surface area contributed by atoms with E-state index in [0.29, 0.717) is 0 Å². The Balaban J connectivity index is -0.0000000451. The predicted molar refractivity (Wildman–Crippen MR) is 335 cm³/mol. The second-order valence-corrected chi connectivity index (χ2v) is 39.8. The third kappa shape index (κ3) is 287. The van der Waals surface area contributed by atoms with Gasteiger partial charge in [0.2, 0.25) is 5.69 Å². The van der Waals surface area contributed by atoms with Gasteiger partial charge in [-0.1, -0.05) is 19.2 Å². The zero-order chi connectivity index (χ0) is 75.2. The van der Waals surface area contributed by atoms with E-state index < -0.39 is 115 Å². The molecule has 6 atom stereocenters. The van der Waals surface area contributed by atoms with Crippen LogP contribution in [0.5, 0.6) is 0 Å². The minimum absolute atomic E-state index is 0. The Labute approximate surface area is 539 Å². The highest BCUT2D eigenvalue weighted by Crippen LogP contribution is 2.46. The summed E-state index contributed by atoms with van der Waals surface area (Å²) in [4.78, 5) is 128. The van der Waals surface area contributed by atoms with Gasteiger partial charge < -0.3 is 117 Å². The summed E-state index contributed by atoms with van der Waals surface area (Å²) in [7, 11) is -19.2. The first-order valence-electron chi connectivity index (χ1n) is 18.4. The monoisotopic (exact) mass is 1720 g/mol. The molecule has 0 saturated carbocycles. The normalized spacial score (nSPS) is 13.6. The van der Waals surface area contributed by atoms with Crippen molar-refractivity contribution in [1.82, 2.24) is 5.09 Å². The fraction of sp³-hybridized carbons (Fsp3) is 0.950. The van der Waals surface area contributed by atoms with Crippen molar-refractivity contribution >= 4 is 179 Å². The van der Waals surface area contributed by atoms with E-state index in [4.69, 9.17) is 93.1 Å². The molecule has 0 radical (unpaired) electrons. The first kappa shape index (κ1) is 131. The molecule has 556 valence electrons. The number of thiol groups is 2. The first-order chi connectivity index (χ1) is 37.8. The van der Waals surface area contributed by atoms with Gasteiger partial charge in [-0.05, 0) is 60.9 Å². The molecule has 0 bridgehead atoms. The Morgan fingerprint density at radius 1 is 0.602 bits per heavy atom. The molecule has 0 aromatic carbocycles. The van der Waals surface area contributed by atoms with Crippen LogP contribution in [0.25, 0.3) is 6.15 Å². The zero-order valence-electron chi connectivity index (χ0n) is 48.0. The van der Waals surface area contributed by atoms with Gasteiger partial charge in [-0.2, -0.15) is 16.8 Å². The van der Waals surface area contributed by atoms with Gasteiger partial charge in [0.25, 0.3) is 16.8 Å². The van der Waals surface area contributed by atoms with Crippen LogP contribution in [0.15, 0.2) is 0 Å². The molecule has 0 fully saturated rings. The van der Waals surface area contributed by atoms with Gasteiger partial charge in [-0.15, -0.1) is 13.9 Å². The number of phosphoric ester groups is 3. The molecule has 0 aliphatic rings. The first-order valence-corrected chi connectivity index (χ1v) is 46.6. The van der Waals surface area contributed by atoms with Crippen LogP contribution in [-0.4, -0.2) is 221 Å². The van der Waals surface area contributed by atoms with Crippen molar-refractivity contribution in [3.8, 4) is 0 Å². The van der Waals surface area contributed by atoms with Crippen LogP contribution in [0.1, 0.15) is 13.8 Å². The standard InChI is InChI=1S/C2H8NO3P.C2H7O4P.2C2H7O3P.C2H6O3S.CH4ClO3P.CHF2.CH6NO2PS.2CH5O4P.CH4O4S.CH5O3PS.CH3O3P.CH5O2PS2.CH3O2PS.H2N/c1-6-7(4,5)2-3;1-5-7(3,4)6-2;1-5-6(2,3)4;2*1-2-6(3,4)5;1-5-6(2,3)4;2-1-3;1-2-5(3,4)6;3*1-5-6(2,3)4;1-4-5(2,3)6;1-4-5(2)3;1-3-4(2,5)6;1-3-4(2)5;/h2-3H2,1H3,(H,4,5);1-2H3,(H,3,4);1-2H3,(H,3,4);2H2,1H3,(H2,3,4,5);2H2,1H3,(H,3,4,5);1H3,(H,3,4);1H;1H3,(H3,2,3,4,6);2*1H3,(H2,2,3,4);1H3,(H,2,3,4);1H3,(H2,2,3,6);1H3;1H3,(H2,2,5,6);1H3;1H2/q;;;;;;-1;;;;;;;;;-1/p+2. The lowest BCUT2D eigenvalue weighted by atomic mass is 11.0. The molecule has 88 heavy (non-hydrogen) atoms. The summed E-state index contributed by atoms with van der Waals surface area (Å²) in [5.74, 6) is -0.201. The van der Waals surface area contributed by atoms with E-state index in [1.807, 2.05) is 0 Å². The summed E-state index contributed by atoms with van der Waals surface area (Å²) in [5.41, 5.74) is 2.16. The molecule has 46 nitrogen and oxygen atoms in total. The van der Waals surface area contributed by atoms with Crippen molar-refractivity contribution in [2.75, 3.05) is 117 Å². The van der Waals surface area contributed by atoms with E-state index in [1.165, 1.54) is 49.3 Å². The number of nitrogens with one attached hydrogen (secondary N) is 1. The second-order valence-electron chi connectivity index (χ2n) is 10.3. The Morgan fingerprint density at radius 3 is 0.784 bits per heavy atom.